The fourth-order valence-corrected chi connectivity index (χ4v) is 5.33. The maximum absolute atomic E-state index is 6.50. The Labute approximate surface area is 236 Å². The van der Waals surface area contributed by atoms with Crippen molar-refractivity contribution in [3.63, 3.8) is 0 Å². The molecule has 0 unspecified atom stereocenters. The van der Waals surface area contributed by atoms with Gasteiger partial charge in [0.25, 0.3) is 0 Å². The van der Waals surface area contributed by atoms with Gasteiger partial charge in [-0.05, 0) is 42.5 Å². The van der Waals surface area contributed by atoms with Crippen LogP contribution in [-0.2, 0) is 11.4 Å². The zero-order valence-electron chi connectivity index (χ0n) is 22.9. The zero-order valence-corrected chi connectivity index (χ0v) is 22.9. The molecule has 202 valence electrons. The summed E-state index contributed by atoms with van der Waals surface area (Å²) in [6.45, 7) is 4.09. The molecule has 1 aliphatic heterocycles. The number of hydrogen-bond acceptors (Lipinski definition) is 7. The molecule has 41 heavy (non-hydrogen) atoms. The van der Waals surface area contributed by atoms with Crippen LogP contribution in [0.1, 0.15) is 46.5 Å². The Morgan fingerprint density at radius 1 is 0.976 bits per heavy atom. The van der Waals surface area contributed by atoms with E-state index >= 15 is 0 Å². The summed E-state index contributed by atoms with van der Waals surface area (Å²) in [6.07, 6.45) is 1.63. The van der Waals surface area contributed by atoms with Gasteiger partial charge >= 0.3 is 0 Å². The topological polar surface area (TPSA) is 83.1 Å². The van der Waals surface area contributed by atoms with Gasteiger partial charge in [0.1, 0.15) is 17.8 Å². The number of aryl methyl sites for hydroxylation is 1. The number of methoxy groups -OCH3 is 1. The van der Waals surface area contributed by atoms with E-state index in [9.17, 15) is 0 Å². The number of benzene rings is 4. The second-order valence-electron chi connectivity index (χ2n) is 10.1. The molecular formula is C33H27N5O3. The molecule has 8 heteroatoms. The Morgan fingerprint density at radius 2 is 1.78 bits per heavy atom. The van der Waals surface area contributed by atoms with Crippen molar-refractivity contribution in [1.29, 1.82) is 0 Å². The average molecular weight is 542 g/mol. The van der Waals surface area contributed by atoms with Crippen LogP contribution in [0.3, 0.4) is 0 Å². The van der Waals surface area contributed by atoms with Crippen molar-refractivity contribution in [2.75, 3.05) is 7.11 Å². The lowest BCUT2D eigenvalue weighted by molar-refractivity contribution is 0.125. The lowest BCUT2D eigenvalue weighted by Gasteiger charge is -2.28. The standard InChI is InChI=1S/C33H27N5O3/c1-20-8-10-22(11-9-20)21(2)37-40-18-28-35-32-30-29(24-12-15-25(39-3)16-13-24)27-17-14-23-6-4-5-7-26(23)31(27)41-33(30)34-19-38(32)36-28/h4-17,19,29H,18H2,1-3H3/b37-21-/t29-/m1/s1. The van der Waals surface area contributed by atoms with Crippen molar-refractivity contribution in [1.82, 2.24) is 19.6 Å². The fourth-order valence-electron chi connectivity index (χ4n) is 5.33. The van der Waals surface area contributed by atoms with E-state index in [2.05, 4.69) is 70.7 Å². The maximum atomic E-state index is 6.50. The van der Waals surface area contributed by atoms with Gasteiger partial charge in [-0.15, -0.1) is 5.10 Å². The molecule has 0 N–H and O–H groups in total. The van der Waals surface area contributed by atoms with E-state index in [1.165, 1.54) is 5.56 Å². The van der Waals surface area contributed by atoms with Crippen LogP contribution in [0.2, 0.25) is 0 Å². The number of oxime groups is 1. The summed E-state index contributed by atoms with van der Waals surface area (Å²) < 4.78 is 13.6. The molecule has 7 rings (SSSR count). The molecule has 1 atom stereocenters. The minimum Gasteiger partial charge on any atom is -0.497 e. The van der Waals surface area contributed by atoms with E-state index in [4.69, 9.17) is 19.3 Å². The summed E-state index contributed by atoms with van der Waals surface area (Å²) in [4.78, 5) is 15.2. The lowest BCUT2D eigenvalue weighted by Crippen LogP contribution is -2.15. The third kappa shape index (κ3) is 4.43. The van der Waals surface area contributed by atoms with Crippen molar-refractivity contribution >= 4 is 22.1 Å². The van der Waals surface area contributed by atoms with Crippen LogP contribution in [0.25, 0.3) is 16.4 Å². The quantitative estimate of drug-likeness (QED) is 0.170. The molecule has 0 radical (unpaired) electrons. The van der Waals surface area contributed by atoms with Gasteiger partial charge < -0.3 is 14.3 Å². The number of aromatic nitrogens is 4. The predicted molar refractivity (Wildman–Crippen MR) is 157 cm³/mol. The monoisotopic (exact) mass is 541 g/mol. The average Bonchev–Trinajstić information content (AvgIpc) is 3.43. The summed E-state index contributed by atoms with van der Waals surface area (Å²) in [6, 6.07) is 28.7. The highest BCUT2D eigenvalue weighted by Gasteiger charge is 2.34. The highest BCUT2D eigenvalue weighted by Crippen LogP contribution is 2.50. The molecule has 1 aliphatic rings. The van der Waals surface area contributed by atoms with Crippen LogP contribution in [0.15, 0.2) is 96.4 Å². The number of nitrogens with zero attached hydrogens (tertiary/aromatic N) is 5. The van der Waals surface area contributed by atoms with E-state index in [1.54, 1.807) is 18.0 Å². The molecule has 6 aromatic rings. The molecule has 0 bridgehead atoms. The van der Waals surface area contributed by atoms with Crippen LogP contribution in [-0.4, -0.2) is 32.4 Å². The lowest BCUT2D eigenvalue weighted by atomic mass is 9.83. The first-order chi connectivity index (χ1) is 20.1. The molecule has 0 spiro atoms. The molecule has 0 amide bonds. The Balaban J connectivity index is 1.29. The third-order valence-electron chi connectivity index (χ3n) is 7.45. The highest BCUT2D eigenvalue weighted by atomic mass is 16.6. The Morgan fingerprint density at radius 3 is 2.59 bits per heavy atom. The fraction of sp³-hybridized carbons (Fsp3) is 0.152. The van der Waals surface area contributed by atoms with E-state index in [1.807, 2.05) is 43.3 Å². The van der Waals surface area contributed by atoms with Crippen LogP contribution in [0.5, 0.6) is 17.4 Å². The molecule has 3 heterocycles. The Kier molecular flexibility index (Phi) is 6.08. The highest BCUT2D eigenvalue weighted by molar-refractivity contribution is 5.98. The molecule has 0 fully saturated rings. The molecule has 0 saturated heterocycles. The van der Waals surface area contributed by atoms with Gasteiger partial charge in [-0.1, -0.05) is 83.5 Å². The molecule has 8 nitrogen and oxygen atoms in total. The van der Waals surface area contributed by atoms with Crippen molar-refractivity contribution in [3.8, 4) is 17.4 Å². The summed E-state index contributed by atoms with van der Waals surface area (Å²) >= 11 is 0. The van der Waals surface area contributed by atoms with Gasteiger partial charge in [0, 0.05) is 16.9 Å². The van der Waals surface area contributed by atoms with Gasteiger partial charge in [-0.25, -0.2) is 14.5 Å². The first-order valence-corrected chi connectivity index (χ1v) is 13.4. The van der Waals surface area contributed by atoms with E-state index in [0.29, 0.717) is 17.4 Å². The first-order valence-electron chi connectivity index (χ1n) is 13.4. The van der Waals surface area contributed by atoms with E-state index < -0.39 is 0 Å². The molecule has 2 aromatic heterocycles. The van der Waals surface area contributed by atoms with Crippen molar-refractivity contribution < 1.29 is 14.3 Å². The molecule has 0 saturated carbocycles. The maximum Gasteiger partial charge on any atom is 0.228 e. The number of ether oxygens (including phenoxy) is 2. The number of hydrogen-bond donors (Lipinski definition) is 0. The van der Waals surface area contributed by atoms with Crippen molar-refractivity contribution in [2.45, 2.75) is 26.4 Å². The van der Waals surface area contributed by atoms with Crippen molar-refractivity contribution in [2.24, 2.45) is 5.16 Å². The minimum absolute atomic E-state index is 0.120. The molecule has 0 aliphatic carbocycles. The van der Waals surface area contributed by atoms with Crippen molar-refractivity contribution in [3.05, 3.63) is 125 Å². The Hall–Kier alpha value is -5.24. The van der Waals surface area contributed by atoms with Gasteiger partial charge in [0.15, 0.2) is 18.1 Å². The van der Waals surface area contributed by atoms with Crippen LogP contribution < -0.4 is 9.47 Å². The van der Waals surface area contributed by atoms with Gasteiger partial charge in [-0.3, -0.25) is 0 Å². The van der Waals surface area contributed by atoms with Crippen LogP contribution >= 0.6 is 0 Å². The second kappa shape index (κ2) is 10.1. The zero-order chi connectivity index (χ0) is 27.9. The summed E-state index contributed by atoms with van der Waals surface area (Å²) in [5, 5.41) is 11.1. The summed E-state index contributed by atoms with van der Waals surface area (Å²) in [7, 11) is 1.67. The third-order valence-corrected chi connectivity index (χ3v) is 7.45. The Bertz CT molecular complexity index is 1930. The number of fused-ring (bicyclic) bond motifs is 6. The van der Waals surface area contributed by atoms with Crippen LogP contribution in [0, 0.1) is 6.92 Å². The van der Waals surface area contributed by atoms with Gasteiger partial charge in [0.2, 0.25) is 5.88 Å². The van der Waals surface area contributed by atoms with Crippen LogP contribution in [0.4, 0.5) is 0 Å². The SMILES string of the molecule is COc1ccc([C@@H]2c3ccc4ccccc4c3Oc3ncn4nc(CO/N=C(/C)c5ccc(C)cc5)nc4c32)cc1. The largest absolute Gasteiger partial charge is 0.497 e. The minimum atomic E-state index is -0.180. The second-order valence-corrected chi connectivity index (χ2v) is 10.1. The normalized spacial score (nSPS) is 14.4. The summed E-state index contributed by atoms with van der Waals surface area (Å²) in [5.41, 5.74) is 6.59. The number of rotatable bonds is 6. The molecular weight excluding hydrogens is 514 g/mol. The summed E-state index contributed by atoms with van der Waals surface area (Å²) in [5.74, 6) is 2.42. The van der Waals surface area contributed by atoms with Gasteiger partial charge in [-0.2, -0.15) is 0 Å². The van der Waals surface area contributed by atoms with E-state index in [0.717, 1.165) is 50.2 Å². The smallest absolute Gasteiger partial charge is 0.228 e. The first kappa shape index (κ1) is 24.8. The van der Waals surface area contributed by atoms with Gasteiger partial charge in [0.05, 0.1) is 18.4 Å². The van der Waals surface area contributed by atoms with E-state index in [-0.39, 0.29) is 12.5 Å². The predicted octanol–water partition coefficient (Wildman–Crippen LogP) is 6.82. The molecule has 4 aromatic carbocycles.